The fourth-order valence-corrected chi connectivity index (χ4v) is 8.34. The number of furan rings is 1. The van der Waals surface area contributed by atoms with Crippen LogP contribution in [-0.2, 0) is 0 Å². The number of anilines is 3. The van der Waals surface area contributed by atoms with Crippen LogP contribution in [0.25, 0.3) is 87.3 Å². The third-order valence-electron chi connectivity index (χ3n) is 11.0. The second-order valence-electron chi connectivity index (χ2n) is 14.1. The van der Waals surface area contributed by atoms with Gasteiger partial charge in [0.15, 0.2) is 0 Å². The first-order valence-corrected chi connectivity index (χ1v) is 18.5. The Labute approximate surface area is 312 Å². The Bertz CT molecular complexity index is 3210. The third-order valence-corrected chi connectivity index (χ3v) is 11.0. The van der Waals surface area contributed by atoms with Crippen LogP contribution < -0.4 is 4.90 Å². The molecule has 2 nitrogen and oxygen atoms in total. The summed E-state index contributed by atoms with van der Waals surface area (Å²) in [4.78, 5) is 2.34. The summed E-state index contributed by atoms with van der Waals surface area (Å²) < 4.78 is 6.61. The monoisotopic (exact) mass is 687 g/mol. The predicted molar refractivity (Wildman–Crippen MR) is 229 cm³/mol. The molecule has 10 aromatic carbocycles. The average Bonchev–Trinajstić information content (AvgIpc) is 3.62. The zero-order valence-electron chi connectivity index (χ0n) is 29.4. The van der Waals surface area contributed by atoms with Crippen LogP contribution in [0.15, 0.2) is 205 Å². The molecule has 0 spiro atoms. The first kappa shape index (κ1) is 30.5. The summed E-state index contributed by atoms with van der Waals surface area (Å²) >= 11 is 0. The van der Waals surface area contributed by atoms with Gasteiger partial charge in [0.2, 0.25) is 0 Å². The summed E-state index contributed by atoms with van der Waals surface area (Å²) in [6.07, 6.45) is 0. The van der Waals surface area contributed by atoms with E-state index in [9.17, 15) is 0 Å². The first-order valence-electron chi connectivity index (χ1n) is 18.5. The highest BCUT2D eigenvalue weighted by Crippen LogP contribution is 2.43. The van der Waals surface area contributed by atoms with Gasteiger partial charge < -0.3 is 9.32 Å². The van der Waals surface area contributed by atoms with Gasteiger partial charge >= 0.3 is 0 Å². The zero-order chi connectivity index (χ0) is 35.6. The lowest BCUT2D eigenvalue weighted by Gasteiger charge is -2.26. The molecule has 0 saturated heterocycles. The Morgan fingerprint density at radius 2 is 0.889 bits per heavy atom. The molecule has 252 valence electrons. The molecular weight excluding hydrogens is 655 g/mol. The highest BCUT2D eigenvalue weighted by Gasteiger charge is 2.18. The van der Waals surface area contributed by atoms with E-state index in [0.717, 1.165) is 50.0 Å². The highest BCUT2D eigenvalue weighted by molar-refractivity contribution is 6.19. The molecule has 0 aliphatic carbocycles. The maximum Gasteiger partial charge on any atom is 0.143 e. The highest BCUT2D eigenvalue weighted by atomic mass is 16.3. The fraction of sp³-hybridized carbons (Fsp3) is 0. The summed E-state index contributed by atoms with van der Waals surface area (Å²) in [5.41, 5.74) is 9.89. The molecule has 0 unspecified atom stereocenters. The van der Waals surface area contributed by atoms with Gasteiger partial charge in [0.25, 0.3) is 0 Å². The molecule has 0 atom stereocenters. The second-order valence-corrected chi connectivity index (χ2v) is 14.1. The van der Waals surface area contributed by atoms with Gasteiger partial charge in [-0.25, -0.2) is 0 Å². The van der Waals surface area contributed by atoms with Crippen LogP contribution in [0.3, 0.4) is 0 Å². The van der Waals surface area contributed by atoms with Gasteiger partial charge in [-0.3, -0.25) is 0 Å². The van der Waals surface area contributed by atoms with E-state index in [2.05, 4.69) is 205 Å². The minimum Gasteiger partial charge on any atom is -0.455 e. The van der Waals surface area contributed by atoms with Crippen LogP contribution in [0.1, 0.15) is 0 Å². The molecule has 0 radical (unpaired) electrons. The maximum atomic E-state index is 6.61. The largest absolute Gasteiger partial charge is 0.455 e. The third kappa shape index (κ3) is 4.96. The van der Waals surface area contributed by atoms with Crippen LogP contribution >= 0.6 is 0 Å². The Hall–Kier alpha value is -7.16. The van der Waals surface area contributed by atoms with Gasteiger partial charge in [-0.15, -0.1) is 0 Å². The van der Waals surface area contributed by atoms with Gasteiger partial charge in [-0.1, -0.05) is 140 Å². The van der Waals surface area contributed by atoms with E-state index in [1.807, 2.05) is 0 Å². The van der Waals surface area contributed by atoms with Gasteiger partial charge in [0, 0.05) is 33.2 Å². The molecule has 0 bridgehead atoms. The lowest BCUT2D eigenvalue weighted by molar-refractivity contribution is 0.673. The van der Waals surface area contributed by atoms with E-state index in [1.54, 1.807) is 0 Å². The van der Waals surface area contributed by atoms with Gasteiger partial charge in [0.05, 0.1) is 0 Å². The molecule has 0 N–H and O–H groups in total. The Morgan fingerprint density at radius 3 is 1.74 bits per heavy atom. The maximum absolute atomic E-state index is 6.61. The SMILES string of the molecule is c1ccc(N(c2ccc(-c3cc4c5cc(-c6ccc7ccccc7c6)ccc5oc4c4ccccc34)cc2)c2ccc3c(ccc4ccccc43)c2)cc1. The summed E-state index contributed by atoms with van der Waals surface area (Å²) in [5, 5.41) is 12.0. The molecule has 54 heavy (non-hydrogen) atoms. The molecule has 0 aliphatic heterocycles. The fourth-order valence-electron chi connectivity index (χ4n) is 8.34. The van der Waals surface area contributed by atoms with Crippen LogP contribution in [-0.4, -0.2) is 0 Å². The lowest BCUT2D eigenvalue weighted by Crippen LogP contribution is -2.09. The Balaban J connectivity index is 1.04. The summed E-state index contributed by atoms with van der Waals surface area (Å²) in [6.45, 7) is 0. The molecule has 0 aliphatic rings. The number of nitrogens with zero attached hydrogens (tertiary/aromatic N) is 1. The number of benzene rings is 10. The number of hydrogen-bond donors (Lipinski definition) is 0. The molecule has 0 amide bonds. The molecule has 2 heteroatoms. The van der Waals surface area contributed by atoms with Crippen molar-refractivity contribution in [2.24, 2.45) is 0 Å². The molecule has 11 aromatic rings. The average molecular weight is 688 g/mol. The van der Waals surface area contributed by atoms with Crippen molar-refractivity contribution in [2.75, 3.05) is 4.90 Å². The van der Waals surface area contributed by atoms with Gasteiger partial charge in [-0.05, 0) is 121 Å². The van der Waals surface area contributed by atoms with E-state index in [-0.39, 0.29) is 0 Å². The number of fused-ring (bicyclic) bond motifs is 9. The smallest absolute Gasteiger partial charge is 0.143 e. The topological polar surface area (TPSA) is 16.4 Å². The molecule has 0 saturated carbocycles. The van der Waals surface area contributed by atoms with Crippen molar-refractivity contribution in [1.29, 1.82) is 0 Å². The summed E-state index contributed by atoms with van der Waals surface area (Å²) in [7, 11) is 0. The number of rotatable bonds is 5. The summed E-state index contributed by atoms with van der Waals surface area (Å²) in [6, 6.07) is 72.3. The molecular formula is C52H33NO. The van der Waals surface area contributed by atoms with Crippen molar-refractivity contribution in [2.45, 2.75) is 0 Å². The molecule has 1 heterocycles. The standard InChI is InChI=1S/C52H33NO/c1-2-13-41(14-3-1)53(43-27-28-45-40(31-43)21-19-35-11-6-7-15-44(35)45)42-25-22-36(23-26-42)48-33-50-49-32-39(38-20-18-34-10-4-5-12-37(34)30-38)24-29-51(49)54-52(50)47-17-9-8-16-46(47)48/h1-33H. The van der Waals surface area contributed by atoms with Crippen molar-refractivity contribution < 1.29 is 4.42 Å². The van der Waals surface area contributed by atoms with Crippen molar-refractivity contribution in [3.05, 3.63) is 200 Å². The first-order chi connectivity index (χ1) is 26.7. The van der Waals surface area contributed by atoms with Crippen molar-refractivity contribution >= 4 is 82.1 Å². The summed E-state index contributed by atoms with van der Waals surface area (Å²) in [5.74, 6) is 0. The lowest BCUT2D eigenvalue weighted by atomic mass is 9.94. The van der Waals surface area contributed by atoms with Crippen molar-refractivity contribution in [3.8, 4) is 22.3 Å². The van der Waals surface area contributed by atoms with Crippen LogP contribution in [0.4, 0.5) is 17.1 Å². The normalized spacial score (nSPS) is 11.7. The predicted octanol–water partition coefficient (Wildman–Crippen LogP) is 15.0. The van der Waals surface area contributed by atoms with E-state index >= 15 is 0 Å². The van der Waals surface area contributed by atoms with Gasteiger partial charge in [-0.2, -0.15) is 0 Å². The van der Waals surface area contributed by atoms with E-state index in [4.69, 9.17) is 4.42 Å². The Morgan fingerprint density at radius 1 is 0.296 bits per heavy atom. The second kappa shape index (κ2) is 12.2. The molecule has 1 aromatic heterocycles. The van der Waals surface area contributed by atoms with Gasteiger partial charge in [0.1, 0.15) is 11.2 Å². The van der Waals surface area contributed by atoms with Crippen molar-refractivity contribution in [1.82, 2.24) is 0 Å². The Kier molecular flexibility index (Phi) is 6.90. The van der Waals surface area contributed by atoms with Crippen LogP contribution in [0.5, 0.6) is 0 Å². The zero-order valence-corrected chi connectivity index (χ0v) is 29.4. The van der Waals surface area contributed by atoms with E-state index < -0.39 is 0 Å². The van der Waals surface area contributed by atoms with E-state index in [0.29, 0.717) is 0 Å². The quantitative estimate of drug-likeness (QED) is 0.168. The molecule has 0 fully saturated rings. The van der Waals surface area contributed by atoms with Crippen molar-refractivity contribution in [3.63, 3.8) is 0 Å². The van der Waals surface area contributed by atoms with Crippen LogP contribution in [0.2, 0.25) is 0 Å². The minimum atomic E-state index is 0.897. The number of hydrogen-bond acceptors (Lipinski definition) is 2. The molecule has 11 rings (SSSR count). The minimum absolute atomic E-state index is 0.897. The van der Waals surface area contributed by atoms with E-state index in [1.165, 1.54) is 54.4 Å². The number of para-hydroxylation sites is 1. The van der Waals surface area contributed by atoms with Crippen LogP contribution in [0, 0.1) is 0 Å².